The van der Waals surface area contributed by atoms with Gasteiger partial charge >= 0.3 is 0 Å². The Balaban J connectivity index is 0.00000176. The van der Waals surface area contributed by atoms with Gasteiger partial charge in [-0.05, 0) is 75.3 Å². The number of hydrogen-bond acceptors (Lipinski definition) is 5. The third kappa shape index (κ3) is 4.85. The molecule has 0 saturated carbocycles. The molecule has 1 aromatic carbocycles. The van der Waals surface area contributed by atoms with Crippen molar-refractivity contribution in [1.29, 1.82) is 0 Å². The molecule has 8 N–H and O–H groups in total. The first-order valence-corrected chi connectivity index (χ1v) is 13.3. The van der Waals surface area contributed by atoms with Gasteiger partial charge in [0.05, 0.1) is 12.6 Å². The van der Waals surface area contributed by atoms with E-state index >= 15 is 0 Å². The van der Waals surface area contributed by atoms with Gasteiger partial charge in [-0.25, -0.2) is 0 Å². The quantitative estimate of drug-likeness (QED) is 0.264. The minimum atomic E-state index is -0.758. The minimum absolute atomic E-state index is 0.0729. The van der Waals surface area contributed by atoms with Gasteiger partial charge in [-0.3, -0.25) is 15.5 Å². The van der Waals surface area contributed by atoms with E-state index in [1.807, 2.05) is 19.1 Å². The van der Waals surface area contributed by atoms with Crippen molar-refractivity contribution >= 4 is 11.7 Å². The standard InChI is InChI=1S/C27H41N5O2.CH5N/c1-7-22(28)31-21-14-29-24(16(2)3)32-15-20(23(33)27(21,32)6)30-25(34)18-10-8-12-19-17(18)11-9-13-26(19,4)5;1-2/h8,10,12,20-21,23,29,33H,7,9,11,13-15H2,1-6H3,(H2,28,31)(H,30,34);2H2,1H3/p+1/t20-,21?,23-,27+;/m1./s1. The molecule has 0 radical (unpaired) electrons. The van der Waals surface area contributed by atoms with Crippen LogP contribution in [-0.2, 0) is 11.8 Å². The first kappa shape index (κ1) is 28.0. The molecule has 2 heterocycles. The molecule has 36 heavy (non-hydrogen) atoms. The van der Waals surface area contributed by atoms with Crippen LogP contribution in [0.3, 0.4) is 0 Å². The molecule has 4 atom stereocenters. The number of amides is 1. The van der Waals surface area contributed by atoms with Crippen molar-refractivity contribution in [3.05, 3.63) is 46.3 Å². The lowest BCUT2D eigenvalue weighted by molar-refractivity contribution is -0.525. The summed E-state index contributed by atoms with van der Waals surface area (Å²) in [7, 11) is 1.50. The summed E-state index contributed by atoms with van der Waals surface area (Å²) in [5.41, 5.74) is 14.4. The lowest BCUT2D eigenvalue weighted by Gasteiger charge is -2.47. The van der Waals surface area contributed by atoms with Crippen LogP contribution in [0.1, 0.15) is 82.3 Å². The van der Waals surface area contributed by atoms with Crippen LogP contribution in [0.2, 0.25) is 0 Å². The number of aliphatic hydroxyl groups is 1. The van der Waals surface area contributed by atoms with Crippen molar-refractivity contribution in [2.24, 2.45) is 11.5 Å². The molecular formula is C28H47N6O2+. The molecule has 2 aliphatic heterocycles. The Morgan fingerprint density at radius 3 is 2.61 bits per heavy atom. The second kappa shape index (κ2) is 10.8. The Bertz CT molecular complexity index is 1030. The molecule has 3 aliphatic rings. The van der Waals surface area contributed by atoms with Gasteiger partial charge in [0, 0.05) is 18.5 Å². The smallest absolute Gasteiger partial charge is 0.251 e. The molecule has 4 rings (SSSR count). The number of nitrogens with zero attached hydrogens (tertiary/aromatic N) is 1. The zero-order chi connectivity index (χ0) is 26.8. The summed E-state index contributed by atoms with van der Waals surface area (Å²) in [5.74, 6) is 1.62. The van der Waals surface area contributed by atoms with Gasteiger partial charge in [-0.2, -0.15) is 0 Å². The van der Waals surface area contributed by atoms with Gasteiger partial charge in [-0.15, -0.1) is 0 Å². The van der Waals surface area contributed by atoms with Crippen LogP contribution in [0.25, 0.3) is 0 Å². The number of amidine groups is 1. The predicted octanol–water partition coefficient (Wildman–Crippen LogP) is 0.480. The fourth-order valence-corrected chi connectivity index (χ4v) is 6.17. The van der Waals surface area contributed by atoms with Crippen LogP contribution in [0, 0.1) is 0 Å². The Labute approximate surface area is 216 Å². The van der Waals surface area contributed by atoms with Crippen molar-refractivity contribution in [2.75, 3.05) is 20.1 Å². The van der Waals surface area contributed by atoms with E-state index in [0.717, 1.165) is 41.8 Å². The first-order chi connectivity index (χ1) is 17.0. The predicted molar refractivity (Wildman–Crippen MR) is 146 cm³/mol. The maximum Gasteiger partial charge on any atom is 0.251 e. The summed E-state index contributed by atoms with van der Waals surface area (Å²) in [6, 6.07) is 5.58. The summed E-state index contributed by atoms with van der Waals surface area (Å²) in [6.07, 6.45) is 3.09. The summed E-state index contributed by atoms with van der Waals surface area (Å²) in [4.78, 5) is 19.2. The van der Waals surface area contributed by atoms with Gasteiger partial charge in [0.2, 0.25) is 5.84 Å². The van der Waals surface area contributed by atoms with E-state index in [-0.39, 0.29) is 17.4 Å². The summed E-state index contributed by atoms with van der Waals surface area (Å²) < 4.78 is 0. The Hall–Kier alpha value is -2.58. The van der Waals surface area contributed by atoms with Gasteiger partial charge < -0.3 is 26.4 Å². The highest BCUT2D eigenvalue weighted by atomic mass is 16.3. The van der Waals surface area contributed by atoms with Crippen molar-refractivity contribution in [3.8, 4) is 0 Å². The molecule has 1 aromatic rings. The maximum absolute atomic E-state index is 13.6. The molecule has 0 aromatic heterocycles. The van der Waals surface area contributed by atoms with E-state index in [1.165, 1.54) is 12.6 Å². The third-order valence-corrected chi connectivity index (χ3v) is 8.30. The molecule has 8 nitrogen and oxygen atoms in total. The summed E-state index contributed by atoms with van der Waals surface area (Å²) >= 11 is 0. The molecule has 8 heteroatoms. The number of nitrogens with one attached hydrogen (secondary N) is 3. The number of aliphatic hydroxyl groups excluding tert-OH is 1. The number of nitrogens with two attached hydrogens (primary N) is 2. The summed E-state index contributed by atoms with van der Waals surface area (Å²) in [6.45, 7) is 13.9. The monoisotopic (exact) mass is 499 g/mol. The number of rotatable bonds is 4. The van der Waals surface area contributed by atoms with Crippen molar-refractivity contribution in [3.63, 3.8) is 0 Å². The molecule has 2 saturated heterocycles. The zero-order valence-electron chi connectivity index (χ0n) is 23.2. The molecular weight excluding hydrogens is 452 g/mol. The van der Waals surface area contributed by atoms with E-state index in [0.29, 0.717) is 25.3 Å². The fraction of sp³-hybridized carbons (Fsp3) is 0.643. The molecule has 1 amide bonds. The van der Waals surface area contributed by atoms with Crippen molar-refractivity contribution in [2.45, 2.75) is 96.4 Å². The Morgan fingerprint density at radius 1 is 1.28 bits per heavy atom. The van der Waals surface area contributed by atoms with E-state index in [1.54, 1.807) is 0 Å². The Morgan fingerprint density at radius 2 is 1.97 bits per heavy atom. The number of fused-ring (bicyclic) bond motifs is 2. The minimum Gasteiger partial charge on any atom is -0.388 e. The average molecular weight is 500 g/mol. The van der Waals surface area contributed by atoms with E-state index in [4.69, 9.17) is 5.73 Å². The van der Waals surface area contributed by atoms with Gasteiger partial charge in [-0.1, -0.05) is 32.9 Å². The number of carbonyl (C=O) groups is 1. The second-order valence-electron chi connectivity index (χ2n) is 11.2. The number of hydrogen-bond donors (Lipinski definition) is 6. The van der Waals surface area contributed by atoms with E-state index < -0.39 is 17.7 Å². The van der Waals surface area contributed by atoms with Crippen LogP contribution in [-0.4, -0.2) is 65.6 Å². The highest BCUT2D eigenvalue weighted by molar-refractivity contribution is 5.96. The maximum atomic E-state index is 13.6. The molecule has 200 valence electrons. The number of carbonyl (C=O) groups excluding carboxylic acids is 1. The highest BCUT2D eigenvalue weighted by Crippen LogP contribution is 2.39. The fourth-order valence-electron chi connectivity index (χ4n) is 6.17. The molecule has 1 aliphatic carbocycles. The number of benzene rings is 1. The number of allylic oxidation sites excluding steroid dienone is 1. The Kier molecular flexibility index (Phi) is 8.41. The van der Waals surface area contributed by atoms with Gasteiger partial charge in [0.15, 0.2) is 0 Å². The second-order valence-corrected chi connectivity index (χ2v) is 11.2. The van der Waals surface area contributed by atoms with E-state index in [2.05, 4.69) is 66.9 Å². The first-order valence-electron chi connectivity index (χ1n) is 13.3. The summed E-state index contributed by atoms with van der Waals surface area (Å²) in [5, 5.41) is 18.3. The van der Waals surface area contributed by atoms with E-state index in [9.17, 15) is 9.90 Å². The van der Waals surface area contributed by atoms with Crippen LogP contribution >= 0.6 is 0 Å². The van der Waals surface area contributed by atoms with Crippen LogP contribution < -0.4 is 27.1 Å². The van der Waals surface area contributed by atoms with Crippen molar-refractivity contribution in [1.82, 2.24) is 15.5 Å². The van der Waals surface area contributed by atoms with Gasteiger partial charge in [0.25, 0.3) is 5.91 Å². The highest BCUT2D eigenvalue weighted by Gasteiger charge is 2.59. The SMILES string of the molecule is CCC(N)=[NH+]C1CNC(=C(C)C)N2C[C@@H](NC(=O)c3cccc4c3CCCC4(C)C)[C@@H](O)[C@]12C.CN. The lowest BCUT2D eigenvalue weighted by Crippen LogP contribution is -2.92. The molecule has 0 spiro atoms. The molecule has 1 unspecified atom stereocenters. The van der Waals surface area contributed by atoms with Gasteiger partial charge in [0.1, 0.15) is 23.5 Å². The zero-order valence-corrected chi connectivity index (χ0v) is 23.2. The van der Waals surface area contributed by atoms with Crippen LogP contribution in [0.4, 0.5) is 0 Å². The average Bonchev–Trinajstić information content (AvgIpc) is 3.10. The van der Waals surface area contributed by atoms with Crippen LogP contribution in [0.15, 0.2) is 29.6 Å². The molecule has 0 bridgehead atoms. The third-order valence-electron chi connectivity index (χ3n) is 8.30. The molecule has 2 fully saturated rings. The normalized spacial score (nSPS) is 28.8. The van der Waals surface area contributed by atoms with Crippen LogP contribution in [0.5, 0.6) is 0 Å². The lowest BCUT2D eigenvalue weighted by atomic mass is 9.71. The topological polar surface area (TPSA) is 131 Å². The van der Waals surface area contributed by atoms with Crippen molar-refractivity contribution < 1.29 is 14.9 Å². The largest absolute Gasteiger partial charge is 0.388 e.